The van der Waals surface area contributed by atoms with E-state index < -0.39 is 0 Å². The zero-order chi connectivity index (χ0) is 25.3. The van der Waals surface area contributed by atoms with Gasteiger partial charge >= 0.3 is 6.01 Å². The third-order valence-corrected chi connectivity index (χ3v) is 5.68. The van der Waals surface area contributed by atoms with Gasteiger partial charge < -0.3 is 24.0 Å². The van der Waals surface area contributed by atoms with E-state index in [0.29, 0.717) is 44.7 Å². The van der Waals surface area contributed by atoms with Crippen molar-refractivity contribution in [3.63, 3.8) is 0 Å². The third kappa shape index (κ3) is 6.71. The van der Waals surface area contributed by atoms with Crippen LogP contribution in [0.15, 0.2) is 67.0 Å². The summed E-state index contributed by atoms with van der Waals surface area (Å²) < 4.78 is 18.6. The minimum atomic E-state index is 0.321. The molecule has 0 atom stereocenters. The van der Waals surface area contributed by atoms with Gasteiger partial charge in [-0.05, 0) is 23.3 Å². The summed E-state index contributed by atoms with van der Waals surface area (Å²) in [5, 5.41) is 4.79. The highest BCUT2D eigenvalue weighted by atomic mass is 16.5. The summed E-state index contributed by atoms with van der Waals surface area (Å²) in [5.41, 5.74) is 4.05. The molecule has 190 valence electrons. The van der Waals surface area contributed by atoms with Crippen molar-refractivity contribution in [1.82, 2.24) is 24.6 Å². The molecule has 9 nitrogen and oxygen atoms in total. The first kappa shape index (κ1) is 25.4. The van der Waals surface area contributed by atoms with Gasteiger partial charge in [0.15, 0.2) is 5.82 Å². The lowest BCUT2D eigenvalue weighted by molar-refractivity contribution is 0.122. The number of rotatable bonds is 11. The van der Waals surface area contributed by atoms with E-state index >= 15 is 0 Å². The quantitative estimate of drug-likeness (QED) is 0.377. The molecular weight excluding hydrogens is 456 g/mol. The third-order valence-electron chi connectivity index (χ3n) is 5.68. The Hall–Kier alpha value is -3.69. The molecule has 0 unspecified atom stereocenters. The minimum absolute atomic E-state index is 0.321. The van der Waals surface area contributed by atoms with Crippen LogP contribution in [0.25, 0.3) is 17.1 Å². The predicted molar refractivity (Wildman–Crippen MR) is 140 cm³/mol. The average molecular weight is 491 g/mol. The smallest absolute Gasteiger partial charge is 0.320 e. The molecular formula is C27H34N6O3. The van der Waals surface area contributed by atoms with Crippen LogP contribution in [0.4, 0.5) is 5.82 Å². The molecule has 1 aliphatic rings. The van der Waals surface area contributed by atoms with Gasteiger partial charge in [0.1, 0.15) is 5.82 Å². The second-order valence-electron chi connectivity index (χ2n) is 8.72. The number of aromatic nitrogens is 4. The van der Waals surface area contributed by atoms with Gasteiger partial charge in [-0.3, -0.25) is 0 Å². The normalized spacial score (nSPS) is 14.1. The summed E-state index contributed by atoms with van der Waals surface area (Å²) >= 11 is 0. The molecule has 0 saturated carbocycles. The number of hydrogen-bond acceptors (Lipinski definition) is 8. The molecule has 3 aromatic rings. The number of allylic oxidation sites excluding steroid dienone is 1. The standard InChI is InChI=1S/C27H34N6O3/c1-5-21(19-31(2)3)10-14-36-27-28-25(32-12-15-35-16-13-32)18-26(29-27)33-11-9-24(30-33)23-8-6-7-22(17-23)20-34-4/h5-9,11,17-19H,1,10,12-16,20H2,2-4H3/b21-19+. The van der Waals surface area contributed by atoms with Crippen molar-refractivity contribution in [2.24, 2.45) is 0 Å². The number of morpholine rings is 1. The molecule has 0 N–H and O–H groups in total. The van der Waals surface area contributed by atoms with Crippen LogP contribution in [0.5, 0.6) is 6.01 Å². The first-order valence-corrected chi connectivity index (χ1v) is 12.0. The van der Waals surface area contributed by atoms with E-state index in [1.807, 2.05) is 67.8 Å². The fourth-order valence-electron chi connectivity index (χ4n) is 3.94. The highest BCUT2D eigenvalue weighted by molar-refractivity contribution is 5.60. The van der Waals surface area contributed by atoms with Crippen LogP contribution < -0.4 is 9.64 Å². The molecule has 1 fully saturated rings. The lowest BCUT2D eigenvalue weighted by atomic mass is 10.1. The molecule has 1 aromatic carbocycles. The highest BCUT2D eigenvalue weighted by Crippen LogP contribution is 2.23. The molecule has 0 radical (unpaired) electrons. The van der Waals surface area contributed by atoms with E-state index in [1.54, 1.807) is 11.8 Å². The van der Waals surface area contributed by atoms with E-state index in [2.05, 4.69) is 27.5 Å². The number of nitrogens with zero attached hydrogens (tertiary/aromatic N) is 6. The van der Waals surface area contributed by atoms with Gasteiger partial charge in [0.2, 0.25) is 0 Å². The number of benzene rings is 1. The Morgan fingerprint density at radius 3 is 2.69 bits per heavy atom. The van der Waals surface area contributed by atoms with Crippen molar-refractivity contribution in [2.75, 3.05) is 59.0 Å². The molecule has 9 heteroatoms. The minimum Gasteiger partial charge on any atom is -0.463 e. The van der Waals surface area contributed by atoms with Crippen molar-refractivity contribution >= 4 is 5.82 Å². The van der Waals surface area contributed by atoms with Crippen molar-refractivity contribution in [3.8, 4) is 23.1 Å². The second kappa shape index (κ2) is 12.3. The Balaban J connectivity index is 1.59. The number of methoxy groups -OCH3 is 1. The van der Waals surface area contributed by atoms with E-state index in [0.717, 1.165) is 41.3 Å². The molecule has 2 aromatic heterocycles. The number of anilines is 1. The van der Waals surface area contributed by atoms with Gasteiger partial charge in [0.05, 0.1) is 32.1 Å². The van der Waals surface area contributed by atoms with Crippen molar-refractivity contribution in [3.05, 3.63) is 72.6 Å². The summed E-state index contributed by atoms with van der Waals surface area (Å²) in [6, 6.07) is 12.4. The van der Waals surface area contributed by atoms with Gasteiger partial charge in [-0.15, -0.1) is 0 Å². The molecule has 1 aliphatic heterocycles. The summed E-state index contributed by atoms with van der Waals surface area (Å²) in [7, 11) is 5.66. The number of hydrogen-bond donors (Lipinski definition) is 0. The van der Waals surface area contributed by atoms with Gasteiger partial charge in [0.25, 0.3) is 0 Å². The second-order valence-corrected chi connectivity index (χ2v) is 8.72. The molecule has 4 rings (SSSR count). The van der Waals surface area contributed by atoms with Crippen molar-refractivity contribution in [1.29, 1.82) is 0 Å². The fourth-order valence-corrected chi connectivity index (χ4v) is 3.94. The van der Waals surface area contributed by atoms with Gasteiger partial charge in [-0.1, -0.05) is 30.9 Å². The Morgan fingerprint density at radius 1 is 1.14 bits per heavy atom. The van der Waals surface area contributed by atoms with E-state index in [-0.39, 0.29) is 0 Å². The lowest BCUT2D eigenvalue weighted by Gasteiger charge is -2.28. The van der Waals surface area contributed by atoms with Crippen LogP contribution in [0, 0.1) is 0 Å². The highest BCUT2D eigenvalue weighted by Gasteiger charge is 2.17. The molecule has 1 saturated heterocycles. The maximum absolute atomic E-state index is 6.01. The zero-order valence-corrected chi connectivity index (χ0v) is 21.3. The van der Waals surface area contributed by atoms with Crippen LogP contribution >= 0.6 is 0 Å². The van der Waals surface area contributed by atoms with Crippen LogP contribution in [0.2, 0.25) is 0 Å². The SMILES string of the molecule is C=C/C(=C\N(C)C)CCOc1nc(N2CCOCC2)cc(-n2ccc(-c3cccc(COC)c3)n2)n1. The summed E-state index contributed by atoms with van der Waals surface area (Å²) in [6.45, 7) is 7.74. The maximum Gasteiger partial charge on any atom is 0.320 e. The first-order chi connectivity index (χ1) is 17.6. The molecule has 3 heterocycles. The molecule has 0 spiro atoms. The Labute approximate surface area is 212 Å². The zero-order valence-electron chi connectivity index (χ0n) is 21.3. The van der Waals surface area contributed by atoms with Crippen molar-refractivity contribution in [2.45, 2.75) is 13.0 Å². The predicted octanol–water partition coefficient (Wildman–Crippen LogP) is 3.71. The van der Waals surface area contributed by atoms with Crippen molar-refractivity contribution < 1.29 is 14.2 Å². The Kier molecular flexibility index (Phi) is 8.70. The summed E-state index contributed by atoms with van der Waals surface area (Å²) in [5.74, 6) is 1.44. The largest absolute Gasteiger partial charge is 0.463 e. The summed E-state index contributed by atoms with van der Waals surface area (Å²) in [4.78, 5) is 13.5. The van der Waals surface area contributed by atoms with Crippen LogP contribution in [-0.2, 0) is 16.1 Å². The summed E-state index contributed by atoms with van der Waals surface area (Å²) in [6.07, 6.45) is 6.47. The van der Waals surface area contributed by atoms with Gasteiger partial charge in [-0.25, -0.2) is 4.68 Å². The first-order valence-electron chi connectivity index (χ1n) is 12.0. The fraction of sp³-hybridized carbons (Fsp3) is 0.370. The van der Waals surface area contributed by atoms with E-state index in [4.69, 9.17) is 19.3 Å². The van der Waals surface area contributed by atoms with Gasteiger partial charge in [-0.2, -0.15) is 15.1 Å². The van der Waals surface area contributed by atoms with Crippen LogP contribution in [0.3, 0.4) is 0 Å². The topological polar surface area (TPSA) is 77.8 Å². The van der Waals surface area contributed by atoms with Crippen LogP contribution in [0.1, 0.15) is 12.0 Å². The Bertz CT molecular complexity index is 1180. The molecule has 0 bridgehead atoms. The average Bonchev–Trinajstić information content (AvgIpc) is 3.39. The van der Waals surface area contributed by atoms with Gasteiger partial charge in [0, 0.05) is 64.7 Å². The molecule has 0 amide bonds. The maximum atomic E-state index is 6.01. The lowest BCUT2D eigenvalue weighted by Crippen LogP contribution is -2.37. The van der Waals surface area contributed by atoms with E-state index in [1.165, 1.54) is 0 Å². The molecule has 36 heavy (non-hydrogen) atoms. The van der Waals surface area contributed by atoms with E-state index in [9.17, 15) is 0 Å². The molecule has 0 aliphatic carbocycles. The monoisotopic (exact) mass is 490 g/mol. The Morgan fingerprint density at radius 2 is 1.94 bits per heavy atom. The number of ether oxygens (including phenoxy) is 3. The van der Waals surface area contributed by atoms with Crippen LogP contribution in [-0.4, -0.2) is 78.8 Å².